The monoisotopic (exact) mass is 253 g/mol. The lowest BCUT2D eigenvalue weighted by Crippen LogP contribution is -2.44. The van der Waals surface area contributed by atoms with Gasteiger partial charge in [-0.2, -0.15) is 0 Å². The topological polar surface area (TPSA) is 43.1 Å². The van der Waals surface area contributed by atoms with Crippen LogP contribution in [0.15, 0.2) is 36.4 Å². The van der Waals surface area contributed by atoms with Crippen molar-refractivity contribution in [2.24, 2.45) is 11.1 Å². The van der Waals surface area contributed by atoms with Crippen LogP contribution in [0, 0.1) is 12.3 Å². The molecule has 2 nitrogen and oxygen atoms in total. The van der Waals surface area contributed by atoms with Gasteiger partial charge in [0.1, 0.15) is 0 Å². The molecular formula is C17H19NO. The number of Topliss-reactive ketones (excluding diaryl/α,β-unsaturated/α-hetero) is 1. The maximum Gasteiger partial charge on any atom is 0.170 e. The molecule has 0 bridgehead atoms. The Balaban J connectivity index is 2.01. The Morgan fingerprint density at radius 1 is 1.16 bits per heavy atom. The van der Waals surface area contributed by atoms with E-state index >= 15 is 0 Å². The summed E-state index contributed by atoms with van der Waals surface area (Å²) in [4.78, 5) is 12.6. The fraction of sp³-hybridized carbons (Fsp3) is 0.353. The van der Waals surface area contributed by atoms with Crippen molar-refractivity contribution in [3.8, 4) is 0 Å². The molecule has 0 amide bonds. The molecular weight excluding hydrogens is 234 g/mol. The number of carbonyl (C=O) groups is 1. The van der Waals surface area contributed by atoms with E-state index in [9.17, 15) is 4.79 Å². The summed E-state index contributed by atoms with van der Waals surface area (Å²) in [7, 11) is 0. The van der Waals surface area contributed by atoms with Gasteiger partial charge >= 0.3 is 0 Å². The highest BCUT2D eigenvalue weighted by Gasteiger charge is 2.42. The Hall–Kier alpha value is -1.67. The summed E-state index contributed by atoms with van der Waals surface area (Å²) >= 11 is 0. The number of rotatable bonds is 3. The third-order valence-corrected chi connectivity index (χ3v) is 4.44. The van der Waals surface area contributed by atoms with Crippen molar-refractivity contribution in [2.45, 2.75) is 26.2 Å². The molecule has 19 heavy (non-hydrogen) atoms. The van der Waals surface area contributed by atoms with Crippen molar-refractivity contribution in [3.05, 3.63) is 47.5 Å². The molecule has 0 aromatic heterocycles. The van der Waals surface area contributed by atoms with E-state index in [0.29, 0.717) is 6.54 Å². The normalized spacial score (nSPS) is 17.2. The standard InChI is InChI=1S/C17H19NO/c1-12-3-4-14-10-15(6-5-13(14)9-12)16(19)17(11-18)7-2-8-17/h3-6,9-10H,2,7-8,11,18H2,1H3. The molecule has 0 aliphatic heterocycles. The zero-order chi connectivity index (χ0) is 13.5. The molecule has 1 aliphatic carbocycles. The number of nitrogens with two attached hydrogens (primary N) is 1. The summed E-state index contributed by atoms with van der Waals surface area (Å²) < 4.78 is 0. The van der Waals surface area contributed by atoms with E-state index in [0.717, 1.165) is 30.2 Å². The smallest absolute Gasteiger partial charge is 0.170 e. The fourth-order valence-electron chi connectivity index (χ4n) is 2.94. The Bertz CT molecular complexity index is 635. The van der Waals surface area contributed by atoms with Gasteiger partial charge in [0.05, 0.1) is 0 Å². The van der Waals surface area contributed by atoms with Gasteiger partial charge in [-0.05, 0) is 36.6 Å². The van der Waals surface area contributed by atoms with Gasteiger partial charge in [0, 0.05) is 17.5 Å². The number of ketones is 1. The molecule has 2 aromatic carbocycles. The molecule has 2 heteroatoms. The molecule has 2 N–H and O–H groups in total. The van der Waals surface area contributed by atoms with Crippen molar-refractivity contribution in [1.82, 2.24) is 0 Å². The van der Waals surface area contributed by atoms with E-state index in [1.807, 2.05) is 18.2 Å². The third-order valence-electron chi connectivity index (χ3n) is 4.44. The highest BCUT2D eigenvalue weighted by Crippen LogP contribution is 2.42. The van der Waals surface area contributed by atoms with E-state index in [2.05, 4.69) is 25.1 Å². The molecule has 0 radical (unpaired) electrons. The summed E-state index contributed by atoms with van der Waals surface area (Å²) in [5.74, 6) is 0.226. The molecule has 0 spiro atoms. The van der Waals surface area contributed by atoms with Crippen LogP contribution in [-0.2, 0) is 0 Å². The van der Waals surface area contributed by atoms with Crippen LogP contribution in [-0.4, -0.2) is 12.3 Å². The second-order valence-corrected chi connectivity index (χ2v) is 5.73. The molecule has 0 atom stereocenters. The predicted molar refractivity (Wildman–Crippen MR) is 78.4 cm³/mol. The van der Waals surface area contributed by atoms with Gasteiger partial charge in [-0.15, -0.1) is 0 Å². The van der Waals surface area contributed by atoms with Crippen LogP contribution in [0.4, 0.5) is 0 Å². The van der Waals surface area contributed by atoms with E-state index in [4.69, 9.17) is 5.73 Å². The van der Waals surface area contributed by atoms with E-state index < -0.39 is 0 Å². The van der Waals surface area contributed by atoms with Crippen LogP contribution in [0.25, 0.3) is 10.8 Å². The first-order chi connectivity index (χ1) is 9.14. The molecule has 1 saturated carbocycles. The van der Waals surface area contributed by atoms with Crippen molar-refractivity contribution >= 4 is 16.6 Å². The molecule has 0 unspecified atom stereocenters. The first-order valence-electron chi connectivity index (χ1n) is 6.90. The Morgan fingerprint density at radius 3 is 2.47 bits per heavy atom. The fourth-order valence-corrected chi connectivity index (χ4v) is 2.94. The average Bonchev–Trinajstić information content (AvgIpc) is 2.37. The molecule has 0 saturated heterocycles. The van der Waals surface area contributed by atoms with Crippen LogP contribution in [0.3, 0.4) is 0 Å². The van der Waals surface area contributed by atoms with Gasteiger partial charge in [-0.25, -0.2) is 0 Å². The van der Waals surface area contributed by atoms with Gasteiger partial charge in [0.25, 0.3) is 0 Å². The van der Waals surface area contributed by atoms with Crippen molar-refractivity contribution in [2.75, 3.05) is 6.54 Å². The largest absolute Gasteiger partial charge is 0.329 e. The minimum atomic E-state index is -0.279. The van der Waals surface area contributed by atoms with E-state index in [1.165, 1.54) is 10.9 Å². The van der Waals surface area contributed by atoms with E-state index in [1.54, 1.807) is 0 Å². The second kappa shape index (κ2) is 4.46. The molecule has 1 aliphatic rings. The number of hydrogen-bond acceptors (Lipinski definition) is 2. The van der Waals surface area contributed by atoms with Gasteiger partial charge in [-0.3, -0.25) is 4.79 Å². The van der Waals surface area contributed by atoms with E-state index in [-0.39, 0.29) is 11.2 Å². The maximum atomic E-state index is 12.6. The summed E-state index contributed by atoms with van der Waals surface area (Å²) in [6, 6.07) is 12.3. The SMILES string of the molecule is Cc1ccc2cc(C(=O)C3(CN)CCC3)ccc2c1. The first kappa shape index (κ1) is 12.4. The lowest BCUT2D eigenvalue weighted by atomic mass is 9.64. The van der Waals surface area contributed by atoms with Gasteiger partial charge in [0.15, 0.2) is 5.78 Å². The lowest BCUT2D eigenvalue weighted by molar-refractivity contribution is 0.0636. The molecule has 98 valence electrons. The minimum Gasteiger partial charge on any atom is -0.329 e. The summed E-state index contributed by atoms with van der Waals surface area (Å²) in [5, 5.41) is 2.31. The van der Waals surface area contributed by atoms with Gasteiger partial charge in [-0.1, -0.05) is 42.3 Å². The molecule has 3 rings (SSSR count). The third kappa shape index (κ3) is 1.96. The molecule has 1 fully saturated rings. The predicted octanol–water partition coefficient (Wildman–Crippen LogP) is 3.46. The van der Waals surface area contributed by atoms with Crippen molar-refractivity contribution < 1.29 is 4.79 Å². The van der Waals surface area contributed by atoms with Crippen LogP contribution >= 0.6 is 0 Å². The number of hydrogen-bond donors (Lipinski definition) is 1. The maximum absolute atomic E-state index is 12.6. The number of carbonyl (C=O) groups excluding carboxylic acids is 1. The Morgan fingerprint density at radius 2 is 1.84 bits per heavy atom. The zero-order valence-corrected chi connectivity index (χ0v) is 11.3. The highest BCUT2D eigenvalue weighted by molar-refractivity contribution is 6.04. The first-order valence-corrected chi connectivity index (χ1v) is 6.90. The second-order valence-electron chi connectivity index (χ2n) is 5.73. The molecule has 2 aromatic rings. The lowest BCUT2D eigenvalue weighted by Gasteiger charge is -2.39. The Labute approximate surface area is 113 Å². The quantitative estimate of drug-likeness (QED) is 0.851. The van der Waals surface area contributed by atoms with Crippen LogP contribution in [0.5, 0.6) is 0 Å². The average molecular weight is 253 g/mol. The highest BCUT2D eigenvalue weighted by atomic mass is 16.1. The van der Waals surface area contributed by atoms with Crippen LogP contribution in [0.2, 0.25) is 0 Å². The summed E-state index contributed by atoms with van der Waals surface area (Å²) in [6.45, 7) is 2.55. The zero-order valence-electron chi connectivity index (χ0n) is 11.3. The van der Waals surface area contributed by atoms with Crippen LogP contribution < -0.4 is 5.73 Å². The number of benzene rings is 2. The summed E-state index contributed by atoms with van der Waals surface area (Å²) in [6.07, 6.45) is 3.00. The minimum absolute atomic E-state index is 0.226. The number of fused-ring (bicyclic) bond motifs is 1. The van der Waals surface area contributed by atoms with Crippen molar-refractivity contribution in [3.63, 3.8) is 0 Å². The Kier molecular flexibility index (Phi) is 2.90. The van der Waals surface area contributed by atoms with Crippen LogP contribution in [0.1, 0.15) is 35.2 Å². The number of aryl methyl sites for hydroxylation is 1. The van der Waals surface area contributed by atoms with Gasteiger partial charge < -0.3 is 5.73 Å². The van der Waals surface area contributed by atoms with Gasteiger partial charge in [0.2, 0.25) is 0 Å². The van der Waals surface area contributed by atoms with Crippen molar-refractivity contribution in [1.29, 1.82) is 0 Å². The summed E-state index contributed by atoms with van der Waals surface area (Å²) in [5.41, 5.74) is 7.59. The molecule has 0 heterocycles.